The number of nitro groups is 1. The van der Waals surface area contributed by atoms with Crippen molar-refractivity contribution in [3.63, 3.8) is 0 Å². The molecule has 0 aliphatic carbocycles. The number of carboxylic acids is 1. The number of aliphatic carboxylic acids is 1. The minimum atomic E-state index is -1.70. The molecule has 19 heavy (non-hydrogen) atoms. The van der Waals surface area contributed by atoms with Gasteiger partial charge in [0, 0.05) is 11.6 Å². The fourth-order valence-electron chi connectivity index (χ4n) is 1.37. The van der Waals surface area contributed by atoms with E-state index in [1.54, 1.807) is 6.07 Å². The number of aliphatic hydroxyl groups excluding tert-OH is 1. The third-order valence-corrected chi connectivity index (χ3v) is 2.32. The first-order valence-corrected chi connectivity index (χ1v) is 5.31. The molecule has 0 fully saturated rings. The lowest BCUT2D eigenvalue weighted by molar-refractivity contribution is -0.385. The van der Waals surface area contributed by atoms with Crippen LogP contribution >= 0.6 is 0 Å². The summed E-state index contributed by atoms with van der Waals surface area (Å²) in [5.41, 5.74) is 0.0336. The first-order chi connectivity index (χ1) is 8.91. The Morgan fingerprint density at radius 2 is 2.00 bits per heavy atom. The van der Waals surface area contributed by atoms with E-state index < -0.39 is 29.4 Å². The lowest BCUT2D eigenvalue weighted by atomic mass is 10.1. The number of para-hydroxylation sites is 1. The second-order valence-electron chi connectivity index (χ2n) is 3.72. The first-order valence-electron chi connectivity index (χ1n) is 5.31. The zero-order valence-corrected chi connectivity index (χ0v) is 9.78. The summed E-state index contributed by atoms with van der Waals surface area (Å²) in [6, 6.07) is 5.75. The van der Waals surface area contributed by atoms with Crippen LogP contribution in [0.1, 0.15) is 5.56 Å². The van der Waals surface area contributed by atoms with Gasteiger partial charge >= 0.3 is 5.97 Å². The molecule has 0 aliphatic heterocycles. The molecular weight excluding hydrogens is 256 g/mol. The van der Waals surface area contributed by atoms with Gasteiger partial charge in [-0.15, -0.1) is 0 Å². The number of carboxylic acid groups (broad SMARTS) is 1. The van der Waals surface area contributed by atoms with Crippen molar-refractivity contribution in [2.24, 2.45) is 0 Å². The standard InChI is InChI=1S/C11H12N2O6/c14-9(11(16)17)6-12-10(15)5-7-3-1-2-4-8(7)13(18)19/h1-4,9,14H,5-6H2,(H,12,15)(H,16,17)/t9-/m0/s1. The van der Waals surface area contributed by atoms with Crippen molar-refractivity contribution in [3.05, 3.63) is 39.9 Å². The normalized spacial score (nSPS) is 11.6. The van der Waals surface area contributed by atoms with Crippen LogP contribution in [-0.2, 0) is 16.0 Å². The predicted octanol–water partition coefficient (Wildman–Crippen LogP) is -0.301. The van der Waals surface area contributed by atoms with Crippen molar-refractivity contribution in [3.8, 4) is 0 Å². The quantitative estimate of drug-likeness (QED) is 0.479. The molecule has 8 heteroatoms. The molecule has 0 bridgehead atoms. The van der Waals surface area contributed by atoms with Gasteiger partial charge in [-0.1, -0.05) is 18.2 Å². The largest absolute Gasteiger partial charge is 0.479 e. The van der Waals surface area contributed by atoms with E-state index in [4.69, 9.17) is 10.2 Å². The van der Waals surface area contributed by atoms with Crippen LogP contribution in [-0.4, -0.2) is 39.7 Å². The maximum Gasteiger partial charge on any atom is 0.334 e. The highest BCUT2D eigenvalue weighted by Gasteiger charge is 2.17. The van der Waals surface area contributed by atoms with Crippen molar-refractivity contribution in [2.75, 3.05) is 6.54 Å². The van der Waals surface area contributed by atoms with Crippen molar-refractivity contribution in [1.29, 1.82) is 0 Å². The number of carbonyl (C=O) groups excluding carboxylic acids is 1. The maximum atomic E-state index is 11.5. The predicted molar refractivity (Wildman–Crippen MR) is 63.5 cm³/mol. The van der Waals surface area contributed by atoms with Crippen LogP contribution in [0.5, 0.6) is 0 Å². The van der Waals surface area contributed by atoms with Crippen molar-refractivity contribution in [2.45, 2.75) is 12.5 Å². The van der Waals surface area contributed by atoms with E-state index in [-0.39, 0.29) is 17.7 Å². The minimum Gasteiger partial charge on any atom is -0.479 e. The zero-order chi connectivity index (χ0) is 14.4. The third-order valence-electron chi connectivity index (χ3n) is 2.32. The second-order valence-corrected chi connectivity index (χ2v) is 3.72. The summed E-state index contributed by atoms with van der Waals surface area (Å²) < 4.78 is 0. The van der Waals surface area contributed by atoms with E-state index >= 15 is 0 Å². The molecule has 0 aromatic heterocycles. The Bertz CT molecular complexity index is 502. The lowest BCUT2D eigenvalue weighted by Crippen LogP contribution is -2.37. The average molecular weight is 268 g/mol. The highest BCUT2D eigenvalue weighted by atomic mass is 16.6. The van der Waals surface area contributed by atoms with Gasteiger partial charge in [0.05, 0.1) is 17.9 Å². The van der Waals surface area contributed by atoms with E-state index in [0.29, 0.717) is 0 Å². The Hall–Kier alpha value is -2.48. The summed E-state index contributed by atoms with van der Waals surface area (Å²) in [5, 5.41) is 30.3. The molecule has 0 unspecified atom stereocenters. The molecule has 0 aliphatic rings. The summed E-state index contributed by atoms with van der Waals surface area (Å²) in [7, 11) is 0. The van der Waals surface area contributed by atoms with Gasteiger partial charge in [0.2, 0.25) is 5.91 Å². The number of hydrogen-bond acceptors (Lipinski definition) is 5. The van der Waals surface area contributed by atoms with Crippen LogP contribution in [0.4, 0.5) is 5.69 Å². The van der Waals surface area contributed by atoms with Gasteiger partial charge < -0.3 is 15.5 Å². The molecule has 0 spiro atoms. The summed E-state index contributed by atoms with van der Waals surface area (Å²) >= 11 is 0. The molecule has 3 N–H and O–H groups in total. The fraction of sp³-hybridized carbons (Fsp3) is 0.273. The molecule has 1 aromatic carbocycles. The van der Waals surface area contributed by atoms with Gasteiger partial charge in [0.25, 0.3) is 5.69 Å². The Labute approximate surface area is 107 Å². The Morgan fingerprint density at radius 1 is 1.37 bits per heavy atom. The number of amides is 1. The number of carbonyl (C=O) groups is 2. The smallest absolute Gasteiger partial charge is 0.334 e. The number of aliphatic hydroxyl groups is 1. The first kappa shape index (κ1) is 14.6. The van der Waals surface area contributed by atoms with Crippen LogP contribution in [0, 0.1) is 10.1 Å². The Morgan fingerprint density at radius 3 is 2.58 bits per heavy atom. The van der Waals surface area contributed by atoms with Gasteiger partial charge in [0.1, 0.15) is 0 Å². The van der Waals surface area contributed by atoms with Gasteiger partial charge in [-0.05, 0) is 0 Å². The number of rotatable bonds is 6. The zero-order valence-electron chi connectivity index (χ0n) is 9.78. The molecule has 1 amide bonds. The highest BCUT2D eigenvalue weighted by Crippen LogP contribution is 2.17. The molecular formula is C11H12N2O6. The molecule has 0 saturated carbocycles. The SMILES string of the molecule is O=C(Cc1ccccc1[N+](=O)[O-])NC[C@H](O)C(=O)O. The number of nitrogens with zero attached hydrogens (tertiary/aromatic N) is 1. The fourth-order valence-corrected chi connectivity index (χ4v) is 1.37. The molecule has 0 saturated heterocycles. The molecule has 0 radical (unpaired) electrons. The van der Waals surface area contributed by atoms with E-state index in [0.717, 1.165) is 0 Å². The Balaban J connectivity index is 2.63. The van der Waals surface area contributed by atoms with Gasteiger partial charge in [-0.2, -0.15) is 0 Å². The maximum absolute atomic E-state index is 11.5. The summed E-state index contributed by atoms with van der Waals surface area (Å²) in [6.45, 7) is -0.450. The van der Waals surface area contributed by atoms with Gasteiger partial charge in [0.15, 0.2) is 6.10 Å². The summed E-state index contributed by atoms with van der Waals surface area (Å²) in [4.78, 5) is 31.9. The van der Waals surface area contributed by atoms with Crippen LogP contribution in [0.2, 0.25) is 0 Å². The van der Waals surface area contributed by atoms with E-state index in [1.165, 1.54) is 18.2 Å². The molecule has 0 heterocycles. The van der Waals surface area contributed by atoms with Crippen molar-refractivity contribution in [1.82, 2.24) is 5.32 Å². The van der Waals surface area contributed by atoms with Crippen LogP contribution in [0.3, 0.4) is 0 Å². The number of benzene rings is 1. The van der Waals surface area contributed by atoms with E-state index in [9.17, 15) is 19.7 Å². The molecule has 1 aromatic rings. The summed E-state index contributed by atoms with van der Waals surface area (Å²) in [6.07, 6.45) is -1.96. The topological polar surface area (TPSA) is 130 Å². The molecule has 1 atom stereocenters. The lowest BCUT2D eigenvalue weighted by Gasteiger charge is -2.07. The molecule has 102 valence electrons. The monoisotopic (exact) mass is 268 g/mol. The highest BCUT2D eigenvalue weighted by molar-refractivity contribution is 5.80. The average Bonchev–Trinajstić information content (AvgIpc) is 2.36. The van der Waals surface area contributed by atoms with Gasteiger partial charge in [-0.25, -0.2) is 4.79 Å². The third kappa shape index (κ3) is 4.36. The number of hydrogen-bond donors (Lipinski definition) is 3. The van der Waals surface area contributed by atoms with E-state index in [2.05, 4.69) is 5.32 Å². The van der Waals surface area contributed by atoms with Crippen LogP contribution in [0.15, 0.2) is 24.3 Å². The molecule has 8 nitrogen and oxygen atoms in total. The van der Waals surface area contributed by atoms with Crippen LogP contribution < -0.4 is 5.32 Å². The van der Waals surface area contributed by atoms with E-state index in [1.807, 2.05) is 0 Å². The molecule has 1 rings (SSSR count). The van der Waals surface area contributed by atoms with Gasteiger partial charge in [-0.3, -0.25) is 14.9 Å². The van der Waals surface area contributed by atoms with Crippen molar-refractivity contribution >= 4 is 17.6 Å². The van der Waals surface area contributed by atoms with Crippen LogP contribution in [0.25, 0.3) is 0 Å². The minimum absolute atomic E-state index is 0.184. The Kier molecular flexibility index (Phi) is 4.95. The van der Waals surface area contributed by atoms with Crippen molar-refractivity contribution < 1.29 is 24.7 Å². The number of nitrogens with one attached hydrogen (secondary N) is 1. The summed E-state index contributed by atoms with van der Waals surface area (Å²) in [5.74, 6) is -2.06. The second kappa shape index (κ2) is 6.45. The number of nitro benzene ring substituents is 1.